The van der Waals surface area contributed by atoms with Crippen LogP contribution in [0.25, 0.3) is 0 Å². The van der Waals surface area contributed by atoms with Gasteiger partial charge in [-0.2, -0.15) is 0 Å². The maximum atomic E-state index is 7.00. The van der Waals surface area contributed by atoms with Crippen LogP contribution in [0.15, 0.2) is 0 Å². The summed E-state index contributed by atoms with van der Waals surface area (Å²) >= 11 is 0. The Balaban J connectivity index is -0.00000000500. The van der Waals surface area contributed by atoms with Crippen molar-refractivity contribution in [2.75, 3.05) is 0 Å². The Morgan fingerprint density at radius 2 is 0.667 bits per heavy atom. The summed E-state index contributed by atoms with van der Waals surface area (Å²) in [6.07, 6.45) is 0. The van der Waals surface area contributed by atoms with Crippen LogP contribution < -0.4 is 21.0 Å². The quantitative estimate of drug-likeness (QED) is 0.251. The summed E-state index contributed by atoms with van der Waals surface area (Å²) in [4.78, 5) is 0. The van der Waals surface area contributed by atoms with Crippen molar-refractivity contribution in [1.29, 1.82) is 0 Å². The van der Waals surface area contributed by atoms with Crippen molar-refractivity contribution in [2.45, 2.75) is 0 Å². The molecule has 4 nitrogen and oxygen atoms in total. The van der Waals surface area contributed by atoms with Gasteiger partial charge in [0.15, 0.2) is 0 Å². The minimum Gasteiger partial charge on any atom is -1.00 e. The normalized spacial score (nSPS) is 2.00. The molecule has 0 saturated heterocycles. The predicted molar refractivity (Wildman–Crippen MR) is 5.75 cm³/mol. The van der Waals surface area contributed by atoms with Gasteiger partial charge in [-0.05, 0) is 0 Å². The molecular formula is O4PbZn. The average molecular weight is 337 g/mol. The zero-order valence-corrected chi connectivity index (χ0v) is 9.69. The molecule has 0 spiro atoms. The van der Waals surface area contributed by atoms with Gasteiger partial charge in [-0.1, -0.05) is 0 Å². The van der Waals surface area contributed by atoms with E-state index in [1.807, 2.05) is 0 Å². The minimum atomic E-state index is 0. The second kappa shape index (κ2) is 96.5. The van der Waals surface area contributed by atoms with Crippen LogP contribution in [0.1, 0.15) is 0 Å². The van der Waals surface area contributed by atoms with Crippen molar-refractivity contribution < 1.29 is 40.5 Å². The molecule has 6 heavy (non-hydrogen) atoms. The molecule has 0 aromatic heterocycles. The van der Waals surface area contributed by atoms with Crippen LogP contribution in [0.4, 0.5) is 0 Å². The predicted octanol–water partition coefficient (Wildman–Crippen LogP) is -5.14. The van der Waals surface area contributed by atoms with Gasteiger partial charge in [0.05, 0.1) is 0 Å². The SMILES string of the molecule is [O-][O-].[O-][O-].[Pb+2].[Zn+2]. The van der Waals surface area contributed by atoms with Crippen molar-refractivity contribution in [2.24, 2.45) is 0 Å². The van der Waals surface area contributed by atoms with Gasteiger partial charge in [0.1, 0.15) is 0 Å². The summed E-state index contributed by atoms with van der Waals surface area (Å²) in [7, 11) is 0. The van der Waals surface area contributed by atoms with Gasteiger partial charge in [0.25, 0.3) is 0 Å². The molecule has 2 radical (unpaired) electrons. The van der Waals surface area contributed by atoms with E-state index in [2.05, 4.69) is 0 Å². The Morgan fingerprint density at radius 1 is 0.667 bits per heavy atom. The molecule has 0 heterocycles. The first-order valence-corrected chi connectivity index (χ1v) is 0.333. The summed E-state index contributed by atoms with van der Waals surface area (Å²) in [5, 5.41) is 28.0. The summed E-state index contributed by atoms with van der Waals surface area (Å²) in [6.45, 7) is 0. The fraction of sp³-hybridized carbons (Fsp3) is 0. The standard InChI is InChI=1S/2O2.Pb.Zn/c2*1-2;;/q2*-2;2*+2. The summed E-state index contributed by atoms with van der Waals surface area (Å²) in [5.41, 5.74) is 0. The molecule has 0 aromatic carbocycles. The summed E-state index contributed by atoms with van der Waals surface area (Å²) < 4.78 is 0. The average Bonchev–Trinajstić information content (AvgIpc) is 1.50. The van der Waals surface area contributed by atoms with Crippen LogP contribution in [0, 0.1) is 0 Å². The fourth-order valence-corrected chi connectivity index (χ4v) is 0. The maximum Gasteiger partial charge on any atom is 2.00 e. The third-order valence-corrected chi connectivity index (χ3v) is 0. The van der Waals surface area contributed by atoms with Crippen molar-refractivity contribution in [3.8, 4) is 0 Å². The number of rotatable bonds is 0. The van der Waals surface area contributed by atoms with Crippen molar-refractivity contribution >= 4 is 27.3 Å². The van der Waals surface area contributed by atoms with Gasteiger partial charge < -0.3 is 21.0 Å². The first-order valence-electron chi connectivity index (χ1n) is 0.333. The minimum absolute atomic E-state index is 0. The number of hydrogen-bond donors (Lipinski definition) is 0. The van der Waals surface area contributed by atoms with E-state index in [0.717, 1.165) is 0 Å². The Labute approximate surface area is 67.6 Å². The van der Waals surface area contributed by atoms with Crippen LogP contribution in [-0.2, 0) is 19.5 Å². The van der Waals surface area contributed by atoms with E-state index in [0.29, 0.717) is 0 Å². The Kier molecular flexibility index (Phi) is 423. The van der Waals surface area contributed by atoms with E-state index in [1.54, 1.807) is 0 Å². The topological polar surface area (TPSA) is 92.2 Å². The first-order chi connectivity index (χ1) is 2.00. The van der Waals surface area contributed by atoms with E-state index in [-0.39, 0.29) is 46.8 Å². The van der Waals surface area contributed by atoms with E-state index in [1.165, 1.54) is 0 Å². The van der Waals surface area contributed by atoms with E-state index in [9.17, 15) is 0 Å². The van der Waals surface area contributed by atoms with Crippen molar-refractivity contribution in [1.82, 2.24) is 0 Å². The van der Waals surface area contributed by atoms with Gasteiger partial charge in [0, 0.05) is 0 Å². The van der Waals surface area contributed by atoms with Gasteiger partial charge >= 0.3 is 46.8 Å². The summed E-state index contributed by atoms with van der Waals surface area (Å²) in [5.74, 6) is 0. The Morgan fingerprint density at radius 3 is 0.667 bits per heavy atom. The molecule has 0 saturated carbocycles. The van der Waals surface area contributed by atoms with E-state index < -0.39 is 0 Å². The molecule has 6 heteroatoms. The van der Waals surface area contributed by atoms with Crippen LogP contribution in [-0.4, -0.2) is 27.3 Å². The molecule has 0 atom stereocenters. The molecule has 0 aliphatic rings. The van der Waals surface area contributed by atoms with Crippen molar-refractivity contribution in [3.63, 3.8) is 0 Å². The monoisotopic (exact) mass is 336 g/mol. The Bertz CT molecular complexity index is 7.51. The first kappa shape index (κ1) is 26.3. The molecule has 0 rings (SSSR count). The van der Waals surface area contributed by atoms with E-state index in [4.69, 9.17) is 21.0 Å². The van der Waals surface area contributed by atoms with Crippen molar-refractivity contribution in [3.05, 3.63) is 0 Å². The van der Waals surface area contributed by atoms with Gasteiger partial charge in [-0.25, -0.2) is 0 Å². The van der Waals surface area contributed by atoms with Gasteiger partial charge in [-0.3, -0.25) is 0 Å². The second-order valence-corrected chi connectivity index (χ2v) is 0. The second-order valence-electron chi connectivity index (χ2n) is 0. The molecule has 30 valence electrons. The zero-order chi connectivity index (χ0) is 4.00. The van der Waals surface area contributed by atoms with E-state index >= 15 is 0 Å². The third-order valence-electron chi connectivity index (χ3n) is 0. The molecular weight excluding hydrogens is 337 g/mol. The molecule has 0 aromatic rings. The molecule has 0 bridgehead atoms. The fourth-order valence-electron chi connectivity index (χ4n) is 0. The molecule has 0 unspecified atom stereocenters. The largest absolute Gasteiger partial charge is 2.00 e. The van der Waals surface area contributed by atoms with Gasteiger partial charge in [-0.15, -0.1) is 0 Å². The number of hydrogen-bond acceptors (Lipinski definition) is 4. The molecule has 0 N–H and O–H groups in total. The Hall–Kier alpha value is 1.39. The van der Waals surface area contributed by atoms with Crippen LogP contribution in [0.2, 0.25) is 0 Å². The van der Waals surface area contributed by atoms with Crippen LogP contribution >= 0.6 is 0 Å². The molecule has 0 aliphatic carbocycles. The van der Waals surface area contributed by atoms with Crippen LogP contribution in [0.3, 0.4) is 0 Å². The molecule has 0 amide bonds. The third kappa shape index (κ3) is 54.0. The smallest absolute Gasteiger partial charge is 1.00 e. The maximum absolute atomic E-state index is 7.00. The molecule has 0 aliphatic heterocycles. The zero-order valence-electron chi connectivity index (χ0n) is 2.84. The molecule has 0 fully saturated rings. The van der Waals surface area contributed by atoms with Gasteiger partial charge in [0.2, 0.25) is 0 Å². The van der Waals surface area contributed by atoms with Crippen LogP contribution in [0.5, 0.6) is 0 Å². The summed E-state index contributed by atoms with van der Waals surface area (Å²) in [6, 6.07) is 0.